The summed E-state index contributed by atoms with van der Waals surface area (Å²) >= 11 is 12.0. The van der Waals surface area contributed by atoms with E-state index in [0.717, 1.165) is 16.3 Å². The number of carbonyl (C=O) groups is 1. The summed E-state index contributed by atoms with van der Waals surface area (Å²) in [4.78, 5) is 12.5. The molecule has 3 rings (SSSR count). The van der Waals surface area contributed by atoms with E-state index in [1.807, 2.05) is 12.1 Å². The Morgan fingerprint density at radius 3 is 2.47 bits per heavy atom. The third-order valence-corrected chi connectivity index (χ3v) is 4.91. The Hall–Kier alpha value is -2.52. The quantitative estimate of drug-likeness (QED) is 0.561. The molecule has 0 aliphatic rings. The Balaban J connectivity index is 1.65. The van der Waals surface area contributed by atoms with Gasteiger partial charge < -0.3 is 5.32 Å². The van der Waals surface area contributed by atoms with Crippen LogP contribution in [0, 0.1) is 12.8 Å². The van der Waals surface area contributed by atoms with E-state index >= 15 is 0 Å². The van der Waals surface area contributed by atoms with Crippen molar-refractivity contribution in [1.82, 2.24) is 19.6 Å². The fourth-order valence-electron chi connectivity index (χ4n) is 2.76. The number of anilines is 1. The molecule has 1 aromatic carbocycles. The molecule has 0 spiro atoms. The molecule has 1 atom stereocenters. The smallest absolute Gasteiger partial charge is 0.308 e. The van der Waals surface area contributed by atoms with Crippen LogP contribution in [0.25, 0.3) is 0 Å². The van der Waals surface area contributed by atoms with Crippen molar-refractivity contribution in [2.24, 2.45) is 5.92 Å². The van der Waals surface area contributed by atoms with Crippen LogP contribution >= 0.6 is 23.2 Å². The largest absolute Gasteiger partial charge is 0.435 e. The normalized spacial score (nSPS) is 12.8. The maximum absolute atomic E-state index is 12.8. The van der Waals surface area contributed by atoms with Gasteiger partial charge in [-0.1, -0.05) is 42.3 Å². The predicted molar refractivity (Wildman–Crippen MR) is 108 cm³/mol. The topological polar surface area (TPSA) is 64.7 Å². The molecule has 0 saturated heterocycles. The molecule has 1 N–H and O–H groups in total. The Morgan fingerprint density at radius 2 is 1.87 bits per heavy atom. The molecule has 2 heterocycles. The van der Waals surface area contributed by atoms with E-state index < -0.39 is 23.7 Å². The molecule has 0 bridgehead atoms. The molecule has 1 unspecified atom stereocenters. The fraction of sp³-hybridized carbons (Fsp3) is 0.316. The first-order valence-corrected chi connectivity index (χ1v) is 9.68. The molecule has 3 aromatic rings. The zero-order chi connectivity index (χ0) is 22.1. The van der Waals surface area contributed by atoms with Crippen LogP contribution in [0.1, 0.15) is 23.9 Å². The van der Waals surface area contributed by atoms with Crippen molar-refractivity contribution >= 4 is 34.9 Å². The molecule has 11 heteroatoms. The molecule has 0 aliphatic carbocycles. The molecule has 0 radical (unpaired) electrons. The first kappa shape index (κ1) is 22.2. The van der Waals surface area contributed by atoms with Crippen LogP contribution in [0.4, 0.5) is 19.0 Å². The van der Waals surface area contributed by atoms with E-state index in [0.29, 0.717) is 17.3 Å². The van der Waals surface area contributed by atoms with Gasteiger partial charge in [0.15, 0.2) is 11.5 Å². The summed E-state index contributed by atoms with van der Waals surface area (Å²) in [6, 6.07) is 8.15. The number of alkyl halides is 3. The maximum atomic E-state index is 12.8. The van der Waals surface area contributed by atoms with Crippen LogP contribution in [0.3, 0.4) is 0 Å². The molecule has 2 aromatic heterocycles. The average Bonchev–Trinajstić information content (AvgIpc) is 3.19. The van der Waals surface area contributed by atoms with E-state index in [-0.39, 0.29) is 17.4 Å². The Kier molecular flexibility index (Phi) is 6.42. The number of nitrogens with one attached hydrogen (secondary N) is 1. The first-order valence-electron chi connectivity index (χ1n) is 8.93. The SMILES string of the molecule is Cc1cc(C(F)(F)F)nn1CC(C)C(=O)Nc1nn(Cc2ccc(Cl)cc2)cc1Cl. The Labute approximate surface area is 180 Å². The minimum atomic E-state index is -4.54. The first-order chi connectivity index (χ1) is 14.0. The van der Waals surface area contributed by atoms with Gasteiger partial charge in [-0.15, -0.1) is 0 Å². The molecule has 160 valence electrons. The van der Waals surface area contributed by atoms with Gasteiger partial charge in [0.25, 0.3) is 0 Å². The molecule has 6 nitrogen and oxygen atoms in total. The highest BCUT2D eigenvalue weighted by atomic mass is 35.5. The summed E-state index contributed by atoms with van der Waals surface area (Å²) in [7, 11) is 0. The van der Waals surface area contributed by atoms with Gasteiger partial charge in [0.05, 0.1) is 19.0 Å². The van der Waals surface area contributed by atoms with Crippen molar-refractivity contribution < 1.29 is 18.0 Å². The zero-order valence-corrected chi connectivity index (χ0v) is 17.6. The predicted octanol–water partition coefficient (Wildman–Crippen LogP) is 5.04. The number of hydrogen-bond donors (Lipinski definition) is 1. The summed E-state index contributed by atoms with van der Waals surface area (Å²) in [5.41, 5.74) is 0.267. The van der Waals surface area contributed by atoms with E-state index in [1.165, 1.54) is 6.92 Å². The van der Waals surface area contributed by atoms with Crippen LogP contribution < -0.4 is 5.32 Å². The second-order valence-corrected chi connectivity index (χ2v) is 7.73. The standard InChI is InChI=1S/C19H18Cl2F3N5O/c1-11(8-29-12(2)7-16(26-29)19(22,23)24)18(30)25-17-15(21)10-28(27-17)9-13-3-5-14(20)6-4-13/h3-7,10-11H,8-9H2,1-2H3,(H,25,27,30). The van der Waals surface area contributed by atoms with Gasteiger partial charge in [0.2, 0.25) is 5.91 Å². The number of aryl methyl sites for hydroxylation is 1. The van der Waals surface area contributed by atoms with Crippen molar-refractivity contribution in [2.75, 3.05) is 5.32 Å². The summed E-state index contributed by atoms with van der Waals surface area (Å²) < 4.78 is 41.1. The lowest BCUT2D eigenvalue weighted by Gasteiger charge is -2.12. The van der Waals surface area contributed by atoms with Crippen LogP contribution in [-0.2, 0) is 24.1 Å². The summed E-state index contributed by atoms with van der Waals surface area (Å²) in [5.74, 6) is -0.921. The highest BCUT2D eigenvalue weighted by molar-refractivity contribution is 6.33. The van der Waals surface area contributed by atoms with E-state index in [1.54, 1.807) is 29.9 Å². The van der Waals surface area contributed by atoms with Gasteiger partial charge in [-0.3, -0.25) is 14.2 Å². The third-order valence-electron chi connectivity index (χ3n) is 4.38. The highest BCUT2D eigenvalue weighted by Gasteiger charge is 2.34. The summed E-state index contributed by atoms with van der Waals surface area (Å²) in [6.07, 6.45) is -2.96. The number of benzene rings is 1. The third kappa shape index (κ3) is 5.34. The van der Waals surface area contributed by atoms with Crippen molar-refractivity contribution in [2.45, 2.75) is 33.1 Å². The Bertz CT molecular complexity index is 1040. The van der Waals surface area contributed by atoms with Crippen molar-refractivity contribution in [3.63, 3.8) is 0 Å². The lowest BCUT2D eigenvalue weighted by atomic mass is 10.1. The van der Waals surface area contributed by atoms with E-state index in [4.69, 9.17) is 23.2 Å². The van der Waals surface area contributed by atoms with Crippen LogP contribution in [0.15, 0.2) is 36.5 Å². The molecular formula is C19H18Cl2F3N5O. The lowest BCUT2D eigenvalue weighted by molar-refractivity contribution is -0.141. The maximum Gasteiger partial charge on any atom is 0.435 e. The molecule has 0 fully saturated rings. The van der Waals surface area contributed by atoms with Crippen molar-refractivity contribution in [1.29, 1.82) is 0 Å². The number of nitrogens with zero attached hydrogens (tertiary/aromatic N) is 4. The summed E-state index contributed by atoms with van der Waals surface area (Å²) in [5, 5.41) is 11.3. The van der Waals surface area contributed by atoms with E-state index in [2.05, 4.69) is 15.5 Å². The van der Waals surface area contributed by atoms with Gasteiger partial charge in [-0.05, 0) is 30.7 Å². The number of hydrogen-bond acceptors (Lipinski definition) is 3. The number of carbonyl (C=O) groups excluding carboxylic acids is 1. The molecule has 1 amide bonds. The number of rotatable bonds is 6. The van der Waals surface area contributed by atoms with Gasteiger partial charge in [0.1, 0.15) is 5.02 Å². The van der Waals surface area contributed by atoms with Gasteiger partial charge >= 0.3 is 6.18 Å². The second-order valence-electron chi connectivity index (χ2n) is 6.89. The highest BCUT2D eigenvalue weighted by Crippen LogP contribution is 2.28. The van der Waals surface area contributed by atoms with Crippen LogP contribution in [-0.4, -0.2) is 25.5 Å². The van der Waals surface area contributed by atoms with Gasteiger partial charge in [0, 0.05) is 16.9 Å². The minimum Gasteiger partial charge on any atom is -0.308 e. The Morgan fingerprint density at radius 1 is 1.20 bits per heavy atom. The minimum absolute atomic E-state index is 0.0170. The lowest BCUT2D eigenvalue weighted by Crippen LogP contribution is -2.26. The zero-order valence-electron chi connectivity index (χ0n) is 16.0. The summed E-state index contributed by atoms with van der Waals surface area (Å²) in [6.45, 7) is 3.50. The second kappa shape index (κ2) is 8.69. The molecule has 0 saturated carbocycles. The monoisotopic (exact) mass is 459 g/mol. The van der Waals surface area contributed by atoms with Crippen LogP contribution in [0.2, 0.25) is 10.0 Å². The number of amides is 1. The van der Waals surface area contributed by atoms with E-state index in [9.17, 15) is 18.0 Å². The van der Waals surface area contributed by atoms with Gasteiger partial charge in [-0.25, -0.2) is 0 Å². The average molecular weight is 460 g/mol. The van der Waals surface area contributed by atoms with Gasteiger partial charge in [-0.2, -0.15) is 23.4 Å². The number of halogens is 5. The van der Waals surface area contributed by atoms with Crippen molar-refractivity contribution in [3.8, 4) is 0 Å². The molecule has 30 heavy (non-hydrogen) atoms. The molecular weight excluding hydrogens is 442 g/mol. The van der Waals surface area contributed by atoms with Crippen LogP contribution in [0.5, 0.6) is 0 Å². The van der Waals surface area contributed by atoms with Crippen molar-refractivity contribution in [3.05, 3.63) is 63.5 Å². The molecule has 0 aliphatic heterocycles. The number of aromatic nitrogens is 4. The fourth-order valence-corrected chi connectivity index (χ4v) is 3.08.